The number of carbonyl (C=O) groups is 1. The van der Waals surface area contributed by atoms with Gasteiger partial charge in [-0.1, -0.05) is 18.2 Å². The van der Waals surface area contributed by atoms with Crippen LogP contribution < -0.4 is 5.43 Å². The molecule has 0 spiro atoms. The van der Waals surface area contributed by atoms with E-state index < -0.39 is 0 Å². The average molecular weight is 214 g/mol. The second-order valence-electron chi connectivity index (χ2n) is 3.24. The van der Waals surface area contributed by atoms with Gasteiger partial charge in [0.1, 0.15) is 11.5 Å². The molecule has 1 aromatic carbocycles. The lowest BCUT2D eigenvalue weighted by molar-refractivity contribution is -0.110. The van der Waals surface area contributed by atoms with E-state index in [0.717, 1.165) is 11.8 Å². The van der Waals surface area contributed by atoms with E-state index in [9.17, 15) is 9.90 Å². The van der Waals surface area contributed by atoms with Crippen molar-refractivity contribution in [1.82, 2.24) is 0 Å². The highest BCUT2D eigenvalue weighted by Crippen LogP contribution is 2.07. The van der Waals surface area contributed by atoms with Gasteiger partial charge in [0, 0.05) is 6.08 Å². The van der Waals surface area contributed by atoms with Gasteiger partial charge in [-0.25, -0.2) is 0 Å². The number of carbonyl (C=O) groups excluding carboxylic acids is 1. The van der Waals surface area contributed by atoms with Gasteiger partial charge in [-0.05, 0) is 24.3 Å². The topological polar surface area (TPSA) is 61.7 Å². The monoisotopic (exact) mass is 214 g/mol. The third-order valence-corrected chi connectivity index (χ3v) is 2.03. The third-order valence-electron chi connectivity index (χ3n) is 2.03. The van der Waals surface area contributed by atoms with Crippen LogP contribution in [0.1, 0.15) is 0 Å². The van der Waals surface area contributed by atoms with Crippen LogP contribution in [-0.4, -0.2) is 16.6 Å². The summed E-state index contributed by atoms with van der Waals surface area (Å²) in [4.78, 5) is 10.9. The van der Waals surface area contributed by atoms with Crippen LogP contribution in [0.3, 0.4) is 0 Å². The Labute approximate surface area is 92.6 Å². The maximum absolute atomic E-state index is 10.9. The van der Waals surface area contributed by atoms with Crippen molar-refractivity contribution in [3.63, 3.8) is 0 Å². The minimum atomic E-state index is -0.240. The van der Waals surface area contributed by atoms with Gasteiger partial charge in [-0.2, -0.15) is 5.10 Å². The fourth-order valence-corrected chi connectivity index (χ4v) is 1.24. The molecule has 2 N–H and O–H groups in total. The number of rotatable bonds is 2. The second kappa shape index (κ2) is 4.44. The molecule has 16 heavy (non-hydrogen) atoms. The van der Waals surface area contributed by atoms with E-state index >= 15 is 0 Å². The predicted octanol–water partition coefficient (Wildman–Crippen LogP) is 2.04. The zero-order chi connectivity index (χ0) is 11.4. The Morgan fingerprint density at radius 1 is 1.12 bits per heavy atom. The maximum Gasteiger partial charge on any atom is 0.182 e. The molecule has 4 nitrogen and oxygen atoms in total. The number of nitrogens with one attached hydrogen (secondary N) is 1. The van der Waals surface area contributed by atoms with Crippen LogP contribution in [-0.2, 0) is 4.79 Å². The van der Waals surface area contributed by atoms with E-state index in [4.69, 9.17) is 0 Å². The van der Waals surface area contributed by atoms with E-state index in [-0.39, 0.29) is 11.5 Å². The number of aliphatic hydroxyl groups is 1. The van der Waals surface area contributed by atoms with Gasteiger partial charge in [-0.15, -0.1) is 0 Å². The molecule has 0 atom stereocenters. The summed E-state index contributed by atoms with van der Waals surface area (Å²) in [6, 6.07) is 9.34. The third kappa shape index (κ3) is 2.36. The van der Waals surface area contributed by atoms with E-state index in [2.05, 4.69) is 10.5 Å². The summed E-state index contributed by atoms with van der Waals surface area (Å²) in [5.41, 5.74) is 3.93. The maximum atomic E-state index is 10.9. The molecule has 0 amide bonds. The standard InChI is InChI=1S/C12H10N2O2/c15-10-6-7-11(12(16)8-10)14-13-9-4-2-1-3-5-9/h1-8,13,16H/b14-11+. The molecule has 1 aromatic rings. The zero-order valence-corrected chi connectivity index (χ0v) is 8.42. The fraction of sp³-hybridized carbons (Fsp3) is 0. The number of anilines is 1. The van der Waals surface area contributed by atoms with Crippen LogP contribution in [0.15, 0.2) is 59.4 Å². The Hall–Kier alpha value is -2.36. The number of benzene rings is 1. The van der Waals surface area contributed by atoms with Crippen molar-refractivity contribution in [3.8, 4) is 0 Å². The van der Waals surface area contributed by atoms with Gasteiger partial charge >= 0.3 is 0 Å². The Morgan fingerprint density at radius 2 is 1.88 bits per heavy atom. The molecule has 4 heteroatoms. The van der Waals surface area contributed by atoms with Crippen molar-refractivity contribution in [2.45, 2.75) is 0 Å². The number of nitrogens with zero attached hydrogens (tertiary/aromatic N) is 1. The summed E-state index contributed by atoms with van der Waals surface area (Å²) >= 11 is 0. The fourth-order valence-electron chi connectivity index (χ4n) is 1.24. The highest BCUT2D eigenvalue weighted by atomic mass is 16.3. The first-order chi connectivity index (χ1) is 7.75. The van der Waals surface area contributed by atoms with Crippen molar-refractivity contribution in [2.75, 3.05) is 5.43 Å². The van der Waals surface area contributed by atoms with E-state index in [0.29, 0.717) is 5.71 Å². The molecule has 0 saturated heterocycles. The summed E-state index contributed by atoms with van der Waals surface area (Å²) < 4.78 is 0. The van der Waals surface area contributed by atoms with Gasteiger partial charge in [0.15, 0.2) is 5.78 Å². The van der Waals surface area contributed by atoms with Crippen molar-refractivity contribution in [3.05, 3.63) is 54.3 Å². The van der Waals surface area contributed by atoms with Crippen molar-refractivity contribution in [2.24, 2.45) is 5.10 Å². The number of hydrazone groups is 1. The second-order valence-corrected chi connectivity index (χ2v) is 3.24. The predicted molar refractivity (Wildman–Crippen MR) is 62.4 cm³/mol. The molecule has 0 heterocycles. The van der Waals surface area contributed by atoms with Crippen molar-refractivity contribution >= 4 is 17.2 Å². The molecular weight excluding hydrogens is 204 g/mol. The smallest absolute Gasteiger partial charge is 0.182 e. The molecule has 0 fully saturated rings. The Morgan fingerprint density at radius 3 is 2.56 bits per heavy atom. The largest absolute Gasteiger partial charge is 0.505 e. The first-order valence-electron chi connectivity index (χ1n) is 4.77. The highest BCUT2D eigenvalue weighted by molar-refractivity contribution is 6.18. The summed E-state index contributed by atoms with van der Waals surface area (Å²) in [6.45, 7) is 0. The van der Waals surface area contributed by atoms with E-state index in [1.807, 2.05) is 30.3 Å². The SMILES string of the molecule is O=C1C=C/C(=N\Nc2ccccc2)C(O)=C1. The molecule has 2 rings (SSSR count). The first-order valence-corrected chi connectivity index (χ1v) is 4.77. The Balaban J connectivity index is 2.12. The number of aliphatic hydroxyl groups excluding tert-OH is 1. The van der Waals surface area contributed by atoms with Crippen LogP contribution in [0, 0.1) is 0 Å². The molecule has 0 bridgehead atoms. The molecule has 1 aliphatic rings. The summed E-state index contributed by atoms with van der Waals surface area (Å²) in [5, 5.41) is 13.4. The molecule has 0 saturated carbocycles. The normalized spacial score (nSPS) is 17.4. The van der Waals surface area contributed by atoms with Crippen LogP contribution in [0.2, 0.25) is 0 Å². The van der Waals surface area contributed by atoms with Crippen molar-refractivity contribution < 1.29 is 9.90 Å². The van der Waals surface area contributed by atoms with Crippen LogP contribution >= 0.6 is 0 Å². The quantitative estimate of drug-likeness (QED) is 0.585. The Bertz CT molecular complexity index is 487. The van der Waals surface area contributed by atoms with Gasteiger partial charge in [-0.3, -0.25) is 10.2 Å². The number of allylic oxidation sites excluding steroid dienone is 3. The summed E-state index contributed by atoms with van der Waals surface area (Å²) in [7, 11) is 0. The molecule has 80 valence electrons. The summed E-state index contributed by atoms with van der Waals surface area (Å²) in [6.07, 6.45) is 3.95. The molecular formula is C12H10N2O2. The van der Waals surface area contributed by atoms with E-state index in [1.54, 1.807) is 0 Å². The molecule has 0 aromatic heterocycles. The number of hydrogen-bond donors (Lipinski definition) is 2. The van der Waals surface area contributed by atoms with Crippen molar-refractivity contribution in [1.29, 1.82) is 0 Å². The zero-order valence-electron chi connectivity index (χ0n) is 8.42. The van der Waals surface area contributed by atoms with Gasteiger partial charge in [0.25, 0.3) is 0 Å². The number of para-hydroxylation sites is 1. The molecule has 0 unspecified atom stereocenters. The minimum Gasteiger partial charge on any atom is -0.505 e. The van der Waals surface area contributed by atoms with Crippen LogP contribution in [0.4, 0.5) is 5.69 Å². The van der Waals surface area contributed by atoms with Gasteiger partial charge in [0.2, 0.25) is 0 Å². The van der Waals surface area contributed by atoms with E-state index in [1.165, 1.54) is 12.2 Å². The van der Waals surface area contributed by atoms with Crippen LogP contribution in [0.25, 0.3) is 0 Å². The van der Waals surface area contributed by atoms with Gasteiger partial charge in [0.05, 0.1) is 5.69 Å². The molecule has 0 aliphatic heterocycles. The highest BCUT2D eigenvalue weighted by Gasteiger charge is 2.09. The van der Waals surface area contributed by atoms with Gasteiger partial charge < -0.3 is 5.11 Å². The lowest BCUT2D eigenvalue weighted by Crippen LogP contribution is -2.09. The first kappa shape index (κ1) is 10.2. The Kier molecular flexibility index (Phi) is 2.82. The molecule has 0 radical (unpaired) electrons. The minimum absolute atomic E-state index is 0.129. The lowest BCUT2D eigenvalue weighted by Gasteiger charge is -2.05. The van der Waals surface area contributed by atoms with Crippen LogP contribution in [0.5, 0.6) is 0 Å². The number of ketones is 1. The molecule has 1 aliphatic carbocycles. The number of hydrogen-bond acceptors (Lipinski definition) is 4. The lowest BCUT2D eigenvalue weighted by atomic mass is 10.1. The summed E-state index contributed by atoms with van der Waals surface area (Å²) in [5.74, 6) is -0.368. The average Bonchev–Trinajstić information content (AvgIpc) is 2.29.